The van der Waals surface area contributed by atoms with Crippen molar-refractivity contribution in [1.82, 2.24) is 9.55 Å². The van der Waals surface area contributed by atoms with Crippen LogP contribution in [0.3, 0.4) is 0 Å². The van der Waals surface area contributed by atoms with Gasteiger partial charge in [0.15, 0.2) is 0 Å². The molecule has 0 bridgehead atoms. The van der Waals surface area contributed by atoms with Crippen LogP contribution in [-0.2, 0) is 6.42 Å². The lowest BCUT2D eigenvalue weighted by atomic mass is 10.1. The lowest BCUT2D eigenvalue weighted by Crippen LogP contribution is -2.04. The summed E-state index contributed by atoms with van der Waals surface area (Å²) in [4.78, 5) is 4.13. The summed E-state index contributed by atoms with van der Waals surface area (Å²) in [6, 6.07) is 8.90. The van der Waals surface area contributed by atoms with E-state index in [9.17, 15) is 0 Å². The fourth-order valence-corrected chi connectivity index (χ4v) is 1.79. The van der Waals surface area contributed by atoms with E-state index in [1.165, 1.54) is 11.3 Å². The van der Waals surface area contributed by atoms with Gasteiger partial charge in [0.1, 0.15) is 0 Å². The van der Waals surface area contributed by atoms with Gasteiger partial charge in [-0.2, -0.15) is 0 Å². The first-order valence-electron chi connectivity index (χ1n) is 5.32. The highest BCUT2D eigenvalue weighted by molar-refractivity contribution is 5.20. The molecule has 0 saturated carbocycles. The van der Waals surface area contributed by atoms with Crippen molar-refractivity contribution in [2.45, 2.75) is 26.3 Å². The van der Waals surface area contributed by atoms with Crippen LogP contribution >= 0.6 is 0 Å². The van der Waals surface area contributed by atoms with Gasteiger partial charge in [-0.15, -0.1) is 0 Å². The van der Waals surface area contributed by atoms with Gasteiger partial charge < -0.3 is 4.57 Å². The van der Waals surface area contributed by atoms with Gasteiger partial charge in [0.05, 0.1) is 0 Å². The SMILES string of the molecule is CC(C)n1cccc1Cc1cccnc1. The quantitative estimate of drug-likeness (QED) is 0.744. The third kappa shape index (κ3) is 2.27. The van der Waals surface area contributed by atoms with Gasteiger partial charge in [-0.1, -0.05) is 6.07 Å². The molecule has 0 N–H and O–H groups in total. The summed E-state index contributed by atoms with van der Waals surface area (Å²) in [5.74, 6) is 0. The van der Waals surface area contributed by atoms with Crippen LogP contribution in [0.1, 0.15) is 31.1 Å². The number of hydrogen-bond acceptors (Lipinski definition) is 1. The second-order valence-electron chi connectivity index (χ2n) is 4.04. The average molecular weight is 200 g/mol. The minimum absolute atomic E-state index is 0.520. The number of nitrogens with zero attached hydrogens (tertiary/aromatic N) is 2. The van der Waals surface area contributed by atoms with E-state index in [0.717, 1.165) is 6.42 Å². The number of hydrogen-bond donors (Lipinski definition) is 0. The molecule has 0 atom stereocenters. The molecule has 0 aliphatic carbocycles. The highest BCUT2D eigenvalue weighted by Crippen LogP contribution is 2.14. The molecule has 2 heterocycles. The van der Waals surface area contributed by atoms with Crippen molar-refractivity contribution >= 4 is 0 Å². The van der Waals surface area contributed by atoms with Crippen LogP contribution in [0.5, 0.6) is 0 Å². The minimum atomic E-state index is 0.520. The zero-order valence-corrected chi connectivity index (χ0v) is 9.22. The fourth-order valence-electron chi connectivity index (χ4n) is 1.79. The molecule has 0 aliphatic rings. The van der Waals surface area contributed by atoms with Crippen molar-refractivity contribution < 1.29 is 0 Å². The molecule has 0 aliphatic heterocycles. The third-order valence-electron chi connectivity index (χ3n) is 2.53. The Hall–Kier alpha value is -1.57. The van der Waals surface area contributed by atoms with Crippen molar-refractivity contribution in [2.24, 2.45) is 0 Å². The van der Waals surface area contributed by atoms with Crippen molar-refractivity contribution in [3.8, 4) is 0 Å². The smallest absolute Gasteiger partial charge is 0.0303 e. The zero-order valence-electron chi connectivity index (χ0n) is 9.22. The minimum Gasteiger partial charge on any atom is -0.349 e. The second kappa shape index (κ2) is 4.30. The third-order valence-corrected chi connectivity index (χ3v) is 2.53. The lowest BCUT2D eigenvalue weighted by molar-refractivity contribution is 0.582. The Morgan fingerprint density at radius 2 is 2.13 bits per heavy atom. The molecule has 0 unspecified atom stereocenters. The maximum atomic E-state index is 4.13. The van der Waals surface area contributed by atoms with Gasteiger partial charge in [-0.25, -0.2) is 0 Å². The van der Waals surface area contributed by atoms with Crippen LogP contribution in [0.2, 0.25) is 0 Å². The van der Waals surface area contributed by atoms with E-state index >= 15 is 0 Å². The summed E-state index contributed by atoms with van der Waals surface area (Å²) < 4.78 is 2.30. The first-order chi connectivity index (χ1) is 7.27. The molecule has 0 spiro atoms. The van der Waals surface area contributed by atoms with E-state index in [4.69, 9.17) is 0 Å². The number of pyridine rings is 1. The van der Waals surface area contributed by atoms with Gasteiger partial charge in [-0.05, 0) is 37.6 Å². The first kappa shape index (κ1) is 9.97. The van der Waals surface area contributed by atoms with Crippen molar-refractivity contribution in [2.75, 3.05) is 0 Å². The fraction of sp³-hybridized carbons (Fsp3) is 0.308. The average Bonchev–Trinajstić information content (AvgIpc) is 2.67. The molecule has 0 aromatic carbocycles. The van der Waals surface area contributed by atoms with E-state index in [1.807, 2.05) is 18.5 Å². The van der Waals surface area contributed by atoms with Gasteiger partial charge in [0, 0.05) is 36.7 Å². The Morgan fingerprint density at radius 3 is 2.80 bits per heavy atom. The van der Waals surface area contributed by atoms with Gasteiger partial charge in [0.25, 0.3) is 0 Å². The van der Waals surface area contributed by atoms with Crippen LogP contribution < -0.4 is 0 Å². The molecule has 15 heavy (non-hydrogen) atoms. The Balaban J connectivity index is 2.21. The summed E-state index contributed by atoms with van der Waals surface area (Å²) in [6.07, 6.45) is 6.83. The summed E-state index contributed by atoms with van der Waals surface area (Å²) in [7, 11) is 0. The Kier molecular flexibility index (Phi) is 2.86. The molecular formula is C13H16N2. The molecular weight excluding hydrogens is 184 g/mol. The normalized spacial score (nSPS) is 10.9. The van der Waals surface area contributed by atoms with Gasteiger partial charge in [-0.3, -0.25) is 4.98 Å². The molecule has 2 aromatic heterocycles. The molecule has 2 nitrogen and oxygen atoms in total. The molecule has 0 radical (unpaired) electrons. The second-order valence-corrected chi connectivity index (χ2v) is 4.04. The topological polar surface area (TPSA) is 17.8 Å². The molecule has 2 heteroatoms. The Morgan fingerprint density at radius 1 is 1.27 bits per heavy atom. The molecule has 2 aromatic rings. The van der Waals surface area contributed by atoms with Gasteiger partial charge >= 0.3 is 0 Å². The molecule has 0 amide bonds. The monoisotopic (exact) mass is 200 g/mol. The van der Waals surface area contributed by atoms with Crippen LogP contribution in [0.25, 0.3) is 0 Å². The standard InChI is InChI=1S/C13H16N2/c1-11(2)15-8-4-6-13(15)9-12-5-3-7-14-10-12/h3-8,10-11H,9H2,1-2H3. The first-order valence-corrected chi connectivity index (χ1v) is 5.32. The van der Waals surface area contributed by atoms with Crippen molar-refractivity contribution in [3.05, 3.63) is 54.1 Å². The largest absolute Gasteiger partial charge is 0.349 e. The van der Waals surface area contributed by atoms with E-state index in [2.05, 4.69) is 47.8 Å². The summed E-state index contributed by atoms with van der Waals surface area (Å²) in [5, 5.41) is 0. The predicted molar refractivity (Wildman–Crippen MR) is 61.9 cm³/mol. The highest BCUT2D eigenvalue weighted by atomic mass is 15.0. The molecule has 0 saturated heterocycles. The highest BCUT2D eigenvalue weighted by Gasteiger charge is 2.04. The van der Waals surface area contributed by atoms with Crippen molar-refractivity contribution in [3.63, 3.8) is 0 Å². The molecule has 78 valence electrons. The molecule has 2 rings (SSSR count). The van der Waals surface area contributed by atoms with Crippen LogP contribution in [0.4, 0.5) is 0 Å². The van der Waals surface area contributed by atoms with Crippen LogP contribution in [-0.4, -0.2) is 9.55 Å². The van der Waals surface area contributed by atoms with E-state index in [1.54, 1.807) is 0 Å². The van der Waals surface area contributed by atoms with E-state index in [-0.39, 0.29) is 0 Å². The van der Waals surface area contributed by atoms with Gasteiger partial charge in [0.2, 0.25) is 0 Å². The van der Waals surface area contributed by atoms with Crippen molar-refractivity contribution in [1.29, 1.82) is 0 Å². The maximum Gasteiger partial charge on any atom is 0.0303 e. The predicted octanol–water partition coefficient (Wildman–Crippen LogP) is 3.05. The van der Waals surface area contributed by atoms with E-state index < -0.39 is 0 Å². The summed E-state index contributed by atoms with van der Waals surface area (Å²) in [5.41, 5.74) is 2.61. The van der Waals surface area contributed by atoms with Crippen LogP contribution in [0.15, 0.2) is 42.9 Å². The molecule has 0 fully saturated rings. The maximum absolute atomic E-state index is 4.13. The Labute approximate surface area is 90.6 Å². The van der Waals surface area contributed by atoms with Crippen LogP contribution in [0, 0.1) is 0 Å². The Bertz CT molecular complexity index is 415. The summed E-state index contributed by atoms with van der Waals surface area (Å²) in [6.45, 7) is 4.40. The lowest BCUT2D eigenvalue weighted by Gasteiger charge is -2.12. The number of rotatable bonds is 3. The number of aromatic nitrogens is 2. The van der Waals surface area contributed by atoms with E-state index in [0.29, 0.717) is 6.04 Å². The summed E-state index contributed by atoms with van der Waals surface area (Å²) >= 11 is 0. The zero-order chi connectivity index (χ0) is 10.7.